The molecular formula is C18H22FNO. The molecule has 0 aromatic heterocycles. The van der Waals surface area contributed by atoms with Gasteiger partial charge in [0, 0.05) is 6.04 Å². The number of benzene rings is 2. The monoisotopic (exact) mass is 287 g/mol. The smallest absolute Gasteiger partial charge is 0.165 e. The molecule has 0 radical (unpaired) electrons. The molecule has 1 unspecified atom stereocenters. The maximum Gasteiger partial charge on any atom is 0.165 e. The van der Waals surface area contributed by atoms with E-state index in [0.717, 1.165) is 11.1 Å². The van der Waals surface area contributed by atoms with Gasteiger partial charge in [-0.05, 0) is 62.1 Å². The van der Waals surface area contributed by atoms with Crippen molar-refractivity contribution in [3.05, 3.63) is 64.0 Å². The normalized spacial score (nSPS) is 12.3. The molecule has 2 aromatic rings. The summed E-state index contributed by atoms with van der Waals surface area (Å²) in [5.74, 6) is -0.106. The predicted octanol–water partition coefficient (Wildman–Crippen LogP) is 4.35. The van der Waals surface area contributed by atoms with Gasteiger partial charge in [-0.25, -0.2) is 4.39 Å². The lowest BCUT2D eigenvalue weighted by Crippen LogP contribution is -2.06. The third-order valence-electron chi connectivity index (χ3n) is 3.69. The summed E-state index contributed by atoms with van der Waals surface area (Å²) >= 11 is 0. The van der Waals surface area contributed by atoms with E-state index in [9.17, 15) is 4.39 Å². The van der Waals surface area contributed by atoms with Crippen molar-refractivity contribution in [1.29, 1.82) is 0 Å². The molecule has 2 N–H and O–H groups in total. The molecule has 112 valence electrons. The molecule has 2 nitrogen and oxygen atoms in total. The fourth-order valence-corrected chi connectivity index (χ4v) is 2.50. The van der Waals surface area contributed by atoms with Gasteiger partial charge in [0.1, 0.15) is 6.61 Å². The lowest BCUT2D eigenvalue weighted by molar-refractivity contribution is 0.288. The molecule has 0 aliphatic carbocycles. The van der Waals surface area contributed by atoms with E-state index >= 15 is 0 Å². The summed E-state index contributed by atoms with van der Waals surface area (Å²) in [6, 6.07) is 8.93. The standard InChI is InChI=1S/C18H22FNO/c1-11-7-12(2)16(13(3)8-11)10-21-18-6-5-15(14(4)20)9-17(18)19/h5-9,14H,10,20H2,1-4H3. The zero-order chi connectivity index (χ0) is 15.6. The van der Waals surface area contributed by atoms with E-state index in [0.29, 0.717) is 6.61 Å². The van der Waals surface area contributed by atoms with Gasteiger partial charge in [0.05, 0.1) is 0 Å². The first-order valence-electron chi connectivity index (χ1n) is 7.13. The van der Waals surface area contributed by atoms with Gasteiger partial charge < -0.3 is 10.5 Å². The van der Waals surface area contributed by atoms with Gasteiger partial charge in [0.2, 0.25) is 0 Å². The topological polar surface area (TPSA) is 35.2 Å². The third-order valence-corrected chi connectivity index (χ3v) is 3.69. The van der Waals surface area contributed by atoms with Crippen molar-refractivity contribution in [2.45, 2.75) is 40.3 Å². The summed E-state index contributed by atoms with van der Waals surface area (Å²) in [6.45, 7) is 8.36. The molecule has 0 heterocycles. The Labute approximate surface area is 125 Å². The Kier molecular flexibility index (Phi) is 4.63. The first-order chi connectivity index (χ1) is 9.88. The van der Waals surface area contributed by atoms with E-state index in [-0.39, 0.29) is 17.6 Å². The Bertz CT molecular complexity index is 627. The van der Waals surface area contributed by atoms with E-state index < -0.39 is 0 Å². The van der Waals surface area contributed by atoms with Gasteiger partial charge in [0.25, 0.3) is 0 Å². The summed E-state index contributed by atoms with van der Waals surface area (Å²) in [7, 11) is 0. The molecule has 0 saturated carbocycles. The minimum absolute atomic E-state index is 0.185. The average molecular weight is 287 g/mol. The summed E-state index contributed by atoms with van der Waals surface area (Å²) in [4.78, 5) is 0. The minimum atomic E-state index is -0.368. The molecular weight excluding hydrogens is 265 g/mol. The molecule has 0 saturated heterocycles. The molecule has 2 aromatic carbocycles. The second-order valence-electron chi connectivity index (χ2n) is 5.64. The zero-order valence-electron chi connectivity index (χ0n) is 13.0. The molecule has 0 aliphatic rings. The Morgan fingerprint density at radius 2 is 1.71 bits per heavy atom. The van der Waals surface area contributed by atoms with Gasteiger partial charge in [-0.1, -0.05) is 23.8 Å². The summed E-state index contributed by atoms with van der Waals surface area (Å²) in [5, 5.41) is 0. The zero-order valence-corrected chi connectivity index (χ0v) is 13.0. The number of hydrogen-bond donors (Lipinski definition) is 1. The number of nitrogens with two attached hydrogens (primary N) is 1. The van der Waals surface area contributed by atoms with Gasteiger partial charge in [-0.3, -0.25) is 0 Å². The number of hydrogen-bond acceptors (Lipinski definition) is 2. The van der Waals surface area contributed by atoms with Crippen LogP contribution in [0.25, 0.3) is 0 Å². The Morgan fingerprint density at radius 3 is 2.24 bits per heavy atom. The molecule has 0 bridgehead atoms. The maximum atomic E-state index is 14.0. The lowest BCUT2D eigenvalue weighted by atomic mass is 10.0. The number of halogens is 1. The molecule has 0 fully saturated rings. The highest BCUT2D eigenvalue weighted by atomic mass is 19.1. The van der Waals surface area contributed by atoms with Crippen LogP contribution in [0.5, 0.6) is 5.75 Å². The van der Waals surface area contributed by atoms with E-state index in [4.69, 9.17) is 10.5 Å². The number of ether oxygens (including phenoxy) is 1. The van der Waals surface area contributed by atoms with Gasteiger partial charge in [-0.2, -0.15) is 0 Å². The first-order valence-corrected chi connectivity index (χ1v) is 7.13. The van der Waals surface area contributed by atoms with Gasteiger partial charge >= 0.3 is 0 Å². The minimum Gasteiger partial charge on any atom is -0.486 e. The van der Waals surface area contributed by atoms with Crippen LogP contribution in [0.4, 0.5) is 4.39 Å². The molecule has 0 spiro atoms. The second kappa shape index (κ2) is 6.27. The predicted molar refractivity (Wildman–Crippen MR) is 84.0 cm³/mol. The van der Waals surface area contributed by atoms with Gasteiger partial charge in [-0.15, -0.1) is 0 Å². The van der Waals surface area contributed by atoms with Crippen LogP contribution in [0, 0.1) is 26.6 Å². The van der Waals surface area contributed by atoms with Crippen molar-refractivity contribution >= 4 is 0 Å². The SMILES string of the molecule is Cc1cc(C)c(COc2ccc(C(C)N)cc2F)c(C)c1. The van der Waals surface area contributed by atoms with Crippen molar-refractivity contribution in [3.63, 3.8) is 0 Å². The Hall–Kier alpha value is -1.87. The largest absolute Gasteiger partial charge is 0.486 e. The van der Waals surface area contributed by atoms with Crippen LogP contribution in [0.2, 0.25) is 0 Å². The van der Waals surface area contributed by atoms with E-state index in [1.807, 2.05) is 20.8 Å². The average Bonchev–Trinajstić information content (AvgIpc) is 2.38. The van der Waals surface area contributed by atoms with Crippen LogP contribution in [-0.2, 0) is 6.61 Å². The van der Waals surface area contributed by atoms with Crippen LogP contribution in [0.3, 0.4) is 0 Å². The molecule has 0 amide bonds. The second-order valence-corrected chi connectivity index (χ2v) is 5.64. The molecule has 2 rings (SSSR count). The van der Waals surface area contributed by atoms with Crippen molar-refractivity contribution in [1.82, 2.24) is 0 Å². The van der Waals surface area contributed by atoms with Crippen LogP contribution in [0.15, 0.2) is 30.3 Å². The van der Waals surface area contributed by atoms with Crippen molar-refractivity contribution in [2.75, 3.05) is 0 Å². The van der Waals surface area contributed by atoms with Crippen molar-refractivity contribution in [3.8, 4) is 5.75 Å². The molecule has 21 heavy (non-hydrogen) atoms. The van der Waals surface area contributed by atoms with Crippen molar-refractivity contribution < 1.29 is 9.13 Å². The van der Waals surface area contributed by atoms with E-state index in [2.05, 4.69) is 19.1 Å². The highest BCUT2D eigenvalue weighted by Crippen LogP contribution is 2.24. The quantitative estimate of drug-likeness (QED) is 0.907. The van der Waals surface area contributed by atoms with Crippen molar-refractivity contribution in [2.24, 2.45) is 5.73 Å². The Morgan fingerprint density at radius 1 is 1.10 bits per heavy atom. The number of aryl methyl sites for hydroxylation is 3. The fraction of sp³-hybridized carbons (Fsp3) is 0.333. The fourth-order valence-electron chi connectivity index (χ4n) is 2.50. The molecule has 1 atom stereocenters. The van der Waals surface area contributed by atoms with E-state index in [1.165, 1.54) is 22.8 Å². The summed E-state index contributed by atoms with van der Waals surface area (Å²) in [5.41, 5.74) is 11.2. The lowest BCUT2D eigenvalue weighted by Gasteiger charge is -2.14. The van der Waals surface area contributed by atoms with Crippen LogP contribution < -0.4 is 10.5 Å². The van der Waals surface area contributed by atoms with E-state index in [1.54, 1.807) is 12.1 Å². The first kappa shape index (κ1) is 15.5. The summed E-state index contributed by atoms with van der Waals surface area (Å²) in [6.07, 6.45) is 0. The molecule has 0 aliphatic heterocycles. The maximum absolute atomic E-state index is 14.0. The van der Waals surface area contributed by atoms with Gasteiger partial charge in [0.15, 0.2) is 11.6 Å². The number of rotatable bonds is 4. The van der Waals surface area contributed by atoms with Crippen LogP contribution in [-0.4, -0.2) is 0 Å². The highest BCUT2D eigenvalue weighted by molar-refractivity contribution is 5.38. The van der Waals surface area contributed by atoms with Crippen LogP contribution >= 0.6 is 0 Å². The summed E-state index contributed by atoms with van der Waals surface area (Å²) < 4.78 is 19.6. The third kappa shape index (κ3) is 3.61. The van der Waals surface area contributed by atoms with Crippen LogP contribution in [0.1, 0.15) is 40.8 Å². The molecule has 3 heteroatoms. The highest BCUT2D eigenvalue weighted by Gasteiger charge is 2.09. The Balaban J connectivity index is 2.17.